The van der Waals surface area contributed by atoms with Crippen molar-refractivity contribution in [2.75, 3.05) is 19.5 Å². The smallest absolute Gasteiger partial charge is 0.246 e. The van der Waals surface area contributed by atoms with E-state index in [0.29, 0.717) is 35.3 Å². The Labute approximate surface area is 120 Å². The van der Waals surface area contributed by atoms with Crippen molar-refractivity contribution in [2.45, 2.75) is 45.1 Å². The second kappa shape index (κ2) is 6.72. The lowest BCUT2D eigenvalue weighted by atomic mass is 10.4. The SMILES string of the molecule is CCCN(C)S(=O)(=O)c1c(C)nn(CCCCl)c1C. The highest BCUT2D eigenvalue weighted by Crippen LogP contribution is 2.23. The molecule has 110 valence electrons. The molecule has 0 aromatic carbocycles. The van der Waals surface area contributed by atoms with Crippen LogP contribution in [0.25, 0.3) is 0 Å². The zero-order valence-electron chi connectivity index (χ0n) is 12.0. The molecule has 0 unspecified atom stereocenters. The second-order valence-corrected chi connectivity index (χ2v) is 6.95. The first-order valence-corrected chi connectivity index (χ1v) is 8.40. The molecule has 0 aliphatic carbocycles. The fourth-order valence-corrected chi connectivity index (χ4v) is 3.82. The molecule has 0 radical (unpaired) electrons. The maximum Gasteiger partial charge on any atom is 0.246 e. The molecule has 0 fully saturated rings. The van der Waals surface area contributed by atoms with Gasteiger partial charge in [-0.2, -0.15) is 5.10 Å². The molecular formula is C12H22ClN3O2S. The van der Waals surface area contributed by atoms with Crippen LogP contribution in [0.4, 0.5) is 0 Å². The summed E-state index contributed by atoms with van der Waals surface area (Å²) in [6.45, 7) is 6.63. The van der Waals surface area contributed by atoms with Crippen LogP contribution in [-0.2, 0) is 16.6 Å². The van der Waals surface area contributed by atoms with Crippen molar-refractivity contribution in [3.05, 3.63) is 11.4 Å². The van der Waals surface area contributed by atoms with Crippen molar-refractivity contribution >= 4 is 21.6 Å². The van der Waals surface area contributed by atoms with Crippen molar-refractivity contribution in [3.63, 3.8) is 0 Å². The van der Waals surface area contributed by atoms with Gasteiger partial charge in [0, 0.05) is 26.0 Å². The summed E-state index contributed by atoms with van der Waals surface area (Å²) in [7, 11) is -1.84. The summed E-state index contributed by atoms with van der Waals surface area (Å²) in [5.74, 6) is 0.538. The molecule has 0 aliphatic rings. The molecule has 19 heavy (non-hydrogen) atoms. The Kier molecular flexibility index (Phi) is 5.82. The molecular weight excluding hydrogens is 286 g/mol. The average molecular weight is 308 g/mol. The topological polar surface area (TPSA) is 55.2 Å². The molecule has 0 saturated carbocycles. The lowest BCUT2D eigenvalue weighted by molar-refractivity contribution is 0.467. The summed E-state index contributed by atoms with van der Waals surface area (Å²) in [5, 5.41) is 4.31. The minimum atomic E-state index is -3.45. The first-order valence-electron chi connectivity index (χ1n) is 6.42. The molecule has 0 aliphatic heterocycles. The molecule has 1 aromatic heterocycles. The Morgan fingerprint density at radius 1 is 1.37 bits per heavy atom. The number of hydrogen-bond donors (Lipinski definition) is 0. The van der Waals surface area contributed by atoms with Gasteiger partial charge in [-0.25, -0.2) is 12.7 Å². The summed E-state index contributed by atoms with van der Waals surface area (Å²) in [6, 6.07) is 0. The van der Waals surface area contributed by atoms with Gasteiger partial charge in [0.25, 0.3) is 0 Å². The highest BCUT2D eigenvalue weighted by molar-refractivity contribution is 7.89. The number of nitrogens with zero attached hydrogens (tertiary/aromatic N) is 3. The van der Waals surface area contributed by atoms with Gasteiger partial charge in [-0.1, -0.05) is 6.92 Å². The number of hydrogen-bond acceptors (Lipinski definition) is 3. The Morgan fingerprint density at radius 3 is 2.53 bits per heavy atom. The molecule has 1 aromatic rings. The number of aryl methyl sites for hydroxylation is 2. The Hall–Kier alpha value is -0.590. The highest BCUT2D eigenvalue weighted by atomic mass is 35.5. The van der Waals surface area contributed by atoms with Crippen molar-refractivity contribution < 1.29 is 8.42 Å². The van der Waals surface area contributed by atoms with Crippen LogP contribution < -0.4 is 0 Å². The van der Waals surface area contributed by atoms with E-state index in [4.69, 9.17) is 11.6 Å². The van der Waals surface area contributed by atoms with Crippen molar-refractivity contribution in [3.8, 4) is 0 Å². The summed E-state index contributed by atoms with van der Waals surface area (Å²) < 4.78 is 28.1. The van der Waals surface area contributed by atoms with E-state index >= 15 is 0 Å². The van der Waals surface area contributed by atoms with Gasteiger partial charge in [-0.05, 0) is 26.7 Å². The van der Waals surface area contributed by atoms with E-state index in [2.05, 4.69) is 5.10 Å². The van der Waals surface area contributed by atoms with E-state index < -0.39 is 10.0 Å². The van der Waals surface area contributed by atoms with Gasteiger partial charge in [-0.3, -0.25) is 4.68 Å². The maximum absolute atomic E-state index is 12.5. The van der Waals surface area contributed by atoms with Crippen LogP contribution in [0.2, 0.25) is 0 Å². The van der Waals surface area contributed by atoms with Crippen molar-refractivity contribution in [2.24, 2.45) is 0 Å². The number of sulfonamides is 1. The van der Waals surface area contributed by atoms with Crippen LogP contribution in [0.15, 0.2) is 4.90 Å². The van der Waals surface area contributed by atoms with Crippen LogP contribution in [-0.4, -0.2) is 42.0 Å². The third-order valence-corrected chi connectivity index (χ3v) is 5.40. The Balaban J connectivity index is 3.17. The fraction of sp³-hybridized carbons (Fsp3) is 0.750. The third-order valence-electron chi connectivity index (χ3n) is 3.03. The zero-order valence-corrected chi connectivity index (χ0v) is 13.6. The molecule has 0 saturated heterocycles. The second-order valence-electron chi connectivity index (χ2n) is 4.59. The minimum absolute atomic E-state index is 0.332. The van der Waals surface area contributed by atoms with Crippen molar-refractivity contribution in [1.29, 1.82) is 0 Å². The van der Waals surface area contributed by atoms with E-state index in [1.54, 1.807) is 25.6 Å². The molecule has 5 nitrogen and oxygen atoms in total. The number of halogens is 1. The molecule has 7 heteroatoms. The average Bonchev–Trinajstić information content (AvgIpc) is 2.62. The normalized spacial score (nSPS) is 12.3. The maximum atomic E-state index is 12.5. The van der Waals surface area contributed by atoms with Crippen LogP contribution >= 0.6 is 11.6 Å². The summed E-state index contributed by atoms with van der Waals surface area (Å²) in [5.41, 5.74) is 1.24. The molecule has 1 rings (SSSR count). The monoisotopic (exact) mass is 307 g/mol. The number of rotatable bonds is 7. The van der Waals surface area contributed by atoms with E-state index in [1.165, 1.54) is 4.31 Å². The lowest BCUT2D eigenvalue weighted by Crippen LogP contribution is -2.28. The van der Waals surface area contributed by atoms with Gasteiger partial charge < -0.3 is 0 Å². The van der Waals surface area contributed by atoms with Crippen LogP contribution in [0, 0.1) is 13.8 Å². The predicted octanol–water partition coefficient (Wildman–Crippen LogP) is 2.16. The lowest BCUT2D eigenvalue weighted by Gasteiger charge is -2.16. The van der Waals surface area contributed by atoms with Crippen molar-refractivity contribution in [1.82, 2.24) is 14.1 Å². The number of aromatic nitrogens is 2. The van der Waals surface area contributed by atoms with Gasteiger partial charge in [-0.15, -0.1) is 11.6 Å². The van der Waals surface area contributed by atoms with Gasteiger partial charge >= 0.3 is 0 Å². The summed E-state index contributed by atoms with van der Waals surface area (Å²) in [6.07, 6.45) is 1.56. The van der Waals surface area contributed by atoms with Crippen LogP contribution in [0.3, 0.4) is 0 Å². The molecule has 0 bridgehead atoms. The van der Waals surface area contributed by atoms with E-state index in [9.17, 15) is 8.42 Å². The van der Waals surface area contributed by atoms with Crippen LogP contribution in [0.5, 0.6) is 0 Å². The van der Waals surface area contributed by atoms with E-state index in [0.717, 1.165) is 12.8 Å². The van der Waals surface area contributed by atoms with Gasteiger partial charge in [0.15, 0.2) is 0 Å². The van der Waals surface area contributed by atoms with Gasteiger partial charge in [0.05, 0.1) is 11.4 Å². The molecule has 0 atom stereocenters. The van der Waals surface area contributed by atoms with Gasteiger partial charge in [0.1, 0.15) is 4.90 Å². The predicted molar refractivity (Wildman–Crippen MR) is 77.1 cm³/mol. The number of alkyl halides is 1. The van der Waals surface area contributed by atoms with Crippen LogP contribution in [0.1, 0.15) is 31.2 Å². The molecule has 1 heterocycles. The van der Waals surface area contributed by atoms with E-state index in [-0.39, 0.29) is 0 Å². The molecule has 0 amide bonds. The highest BCUT2D eigenvalue weighted by Gasteiger charge is 2.27. The Morgan fingerprint density at radius 2 is 2.00 bits per heavy atom. The first-order chi connectivity index (χ1) is 8.86. The minimum Gasteiger partial charge on any atom is -0.268 e. The van der Waals surface area contributed by atoms with E-state index in [1.807, 2.05) is 6.92 Å². The summed E-state index contributed by atoms with van der Waals surface area (Å²) >= 11 is 5.66. The molecule has 0 spiro atoms. The van der Waals surface area contributed by atoms with Gasteiger partial charge in [0.2, 0.25) is 10.0 Å². The fourth-order valence-electron chi connectivity index (χ4n) is 2.07. The third kappa shape index (κ3) is 3.49. The zero-order chi connectivity index (χ0) is 14.6. The summed E-state index contributed by atoms with van der Waals surface area (Å²) in [4.78, 5) is 0.332. The standard InChI is InChI=1S/C12H22ClN3O2S/c1-5-8-15(4)19(17,18)12-10(2)14-16(11(12)3)9-6-7-13/h5-9H2,1-4H3. The first kappa shape index (κ1) is 16.5. The molecule has 0 N–H and O–H groups in total. The quantitative estimate of drug-likeness (QED) is 0.725. The largest absolute Gasteiger partial charge is 0.268 e. The Bertz CT molecular complexity index is 525.